The minimum Gasteiger partial charge on any atom is -0.390 e. The number of nitrogens with one attached hydrogen (secondary N) is 6. The summed E-state index contributed by atoms with van der Waals surface area (Å²) in [6.45, 7) is 14.0. The van der Waals surface area contributed by atoms with Crippen LogP contribution in [0.1, 0.15) is 103 Å². The van der Waals surface area contributed by atoms with Crippen LogP contribution < -0.4 is 37.6 Å². The van der Waals surface area contributed by atoms with Crippen molar-refractivity contribution in [1.29, 1.82) is 0 Å². The summed E-state index contributed by atoms with van der Waals surface area (Å²) in [5, 5.41) is 20.5. The first kappa shape index (κ1) is 36.3. The molecule has 0 aromatic carbocycles. The lowest BCUT2D eigenvalue weighted by molar-refractivity contribution is 0.536. The maximum absolute atomic E-state index is 5.44. The Morgan fingerprint density at radius 1 is 0.432 bits per heavy atom. The smallest absolute Gasteiger partial charge is 0.0266 e. The molecular formula is C30H67N7. The summed E-state index contributed by atoms with van der Waals surface area (Å²) < 4.78 is 0. The van der Waals surface area contributed by atoms with Crippen LogP contribution in [0, 0.1) is 0 Å². The van der Waals surface area contributed by atoms with Gasteiger partial charge in [-0.05, 0) is 19.0 Å². The molecule has 0 atom stereocenters. The van der Waals surface area contributed by atoms with Crippen LogP contribution in [-0.2, 0) is 0 Å². The van der Waals surface area contributed by atoms with Gasteiger partial charge in [-0.3, -0.25) is 0 Å². The SMILES string of the molecule is CCCCCCCCCCCCCCCCC=CNCCNCCNCCNCCNCCNCCN. The summed E-state index contributed by atoms with van der Waals surface area (Å²) in [6.07, 6.45) is 25.6. The fourth-order valence-corrected chi connectivity index (χ4v) is 4.30. The zero-order chi connectivity index (χ0) is 26.7. The maximum atomic E-state index is 5.44. The lowest BCUT2D eigenvalue weighted by atomic mass is 10.0. The van der Waals surface area contributed by atoms with Gasteiger partial charge in [-0.1, -0.05) is 96.5 Å². The van der Waals surface area contributed by atoms with Crippen LogP contribution in [-0.4, -0.2) is 78.5 Å². The summed E-state index contributed by atoms with van der Waals surface area (Å²) in [5.74, 6) is 0. The minimum absolute atomic E-state index is 0.706. The first-order valence-corrected chi connectivity index (χ1v) is 16.0. The van der Waals surface area contributed by atoms with Gasteiger partial charge in [0.1, 0.15) is 0 Å². The van der Waals surface area contributed by atoms with E-state index in [-0.39, 0.29) is 0 Å². The predicted molar refractivity (Wildman–Crippen MR) is 165 cm³/mol. The average Bonchev–Trinajstić information content (AvgIpc) is 2.91. The van der Waals surface area contributed by atoms with E-state index in [1.54, 1.807) is 0 Å². The molecule has 0 bridgehead atoms. The van der Waals surface area contributed by atoms with Crippen LogP contribution in [0.4, 0.5) is 0 Å². The molecule has 222 valence electrons. The number of allylic oxidation sites excluding steroid dienone is 1. The van der Waals surface area contributed by atoms with Crippen molar-refractivity contribution >= 4 is 0 Å². The van der Waals surface area contributed by atoms with E-state index in [2.05, 4.69) is 51.1 Å². The van der Waals surface area contributed by atoms with Crippen LogP contribution in [0.3, 0.4) is 0 Å². The maximum Gasteiger partial charge on any atom is 0.0266 e. The summed E-state index contributed by atoms with van der Waals surface area (Å²) in [4.78, 5) is 0. The Hall–Kier alpha value is -0.700. The van der Waals surface area contributed by atoms with Crippen molar-refractivity contribution in [1.82, 2.24) is 31.9 Å². The van der Waals surface area contributed by atoms with Crippen molar-refractivity contribution in [3.8, 4) is 0 Å². The number of nitrogens with two attached hydrogens (primary N) is 1. The van der Waals surface area contributed by atoms with E-state index in [4.69, 9.17) is 5.73 Å². The van der Waals surface area contributed by atoms with E-state index in [0.29, 0.717) is 6.54 Å². The summed E-state index contributed by atoms with van der Waals surface area (Å²) in [7, 11) is 0. The van der Waals surface area contributed by atoms with Gasteiger partial charge in [0.2, 0.25) is 0 Å². The van der Waals surface area contributed by atoms with Gasteiger partial charge in [0.05, 0.1) is 0 Å². The molecule has 0 fully saturated rings. The molecule has 0 aromatic heterocycles. The van der Waals surface area contributed by atoms with Crippen molar-refractivity contribution in [3.05, 3.63) is 12.3 Å². The molecule has 8 N–H and O–H groups in total. The van der Waals surface area contributed by atoms with E-state index >= 15 is 0 Å². The third-order valence-corrected chi connectivity index (χ3v) is 6.64. The van der Waals surface area contributed by atoms with Crippen molar-refractivity contribution in [2.75, 3.05) is 78.5 Å². The molecular weight excluding hydrogens is 458 g/mol. The molecule has 7 nitrogen and oxygen atoms in total. The zero-order valence-electron chi connectivity index (χ0n) is 24.8. The van der Waals surface area contributed by atoms with Gasteiger partial charge >= 0.3 is 0 Å². The number of rotatable bonds is 33. The van der Waals surface area contributed by atoms with Crippen LogP contribution >= 0.6 is 0 Å². The molecule has 37 heavy (non-hydrogen) atoms. The van der Waals surface area contributed by atoms with Crippen molar-refractivity contribution in [2.45, 2.75) is 103 Å². The molecule has 0 aliphatic carbocycles. The van der Waals surface area contributed by atoms with Gasteiger partial charge in [0.15, 0.2) is 0 Å². The van der Waals surface area contributed by atoms with Gasteiger partial charge < -0.3 is 37.6 Å². The first-order chi connectivity index (χ1) is 18.4. The third kappa shape index (κ3) is 35.3. The van der Waals surface area contributed by atoms with Gasteiger partial charge in [0.25, 0.3) is 0 Å². The molecule has 0 amide bonds. The highest BCUT2D eigenvalue weighted by atomic mass is 15.0. The largest absolute Gasteiger partial charge is 0.390 e. The molecule has 0 aromatic rings. The van der Waals surface area contributed by atoms with Crippen molar-refractivity contribution < 1.29 is 0 Å². The molecule has 0 aliphatic heterocycles. The predicted octanol–water partition coefficient (Wildman–Crippen LogP) is 3.87. The summed E-state index contributed by atoms with van der Waals surface area (Å²) in [5.41, 5.74) is 5.44. The van der Waals surface area contributed by atoms with Crippen LogP contribution in [0.5, 0.6) is 0 Å². The molecule has 0 saturated heterocycles. The second-order valence-electron chi connectivity index (χ2n) is 10.3. The molecule has 0 saturated carbocycles. The average molecular weight is 526 g/mol. The quantitative estimate of drug-likeness (QED) is 0.0654. The van der Waals surface area contributed by atoms with Crippen LogP contribution in [0.2, 0.25) is 0 Å². The molecule has 0 spiro atoms. The second-order valence-corrected chi connectivity index (χ2v) is 10.3. The normalized spacial score (nSPS) is 11.6. The summed E-state index contributed by atoms with van der Waals surface area (Å²) >= 11 is 0. The van der Waals surface area contributed by atoms with E-state index in [0.717, 1.165) is 72.0 Å². The fraction of sp³-hybridized carbons (Fsp3) is 0.933. The van der Waals surface area contributed by atoms with Crippen molar-refractivity contribution in [2.24, 2.45) is 5.73 Å². The molecule has 7 heteroatoms. The molecule has 0 rings (SSSR count). The standard InChI is InChI=1S/C30H67N7/c1-2-3-4-5-6-7-8-9-10-11-12-13-14-15-16-17-19-32-21-23-34-25-27-36-29-30-37-28-26-35-24-22-33-20-18-31/h17,19,32-37H,2-16,18,20-31H2,1H3. The minimum atomic E-state index is 0.706. The van der Waals surface area contributed by atoms with E-state index in [9.17, 15) is 0 Å². The Morgan fingerprint density at radius 2 is 0.784 bits per heavy atom. The first-order valence-electron chi connectivity index (χ1n) is 16.0. The topological polar surface area (TPSA) is 98.2 Å². The van der Waals surface area contributed by atoms with Gasteiger partial charge in [-0.15, -0.1) is 0 Å². The van der Waals surface area contributed by atoms with Gasteiger partial charge in [-0.2, -0.15) is 0 Å². The van der Waals surface area contributed by atoms with E-state index in [1.165, 1.54) is 96.3 Å². The third-order valence-electron chi connectivity index (χ3n) is 6.64. The number of unbranched alkanes of at least 4 members (excludes halogenated alkanes) is 14. The molecule has 0 radical (unpaired) electrons. The fourth-order valence-electron chi connectivity index (χ4n) is 4.30. The van der Waals surface area contributed by atoms with E-state index in [1.807, 2.05) is 0 Å². The second kappa shape index (κ2) is 35.3. The monoisotopic (exact) mass is 526 g/mol. The summed E-state index contributed by atoms with van der Waals surface area (Å²) in [6, 6.07) is 0. The Bertz CT molecular complexity index is 421. The Morgan fingerprint density at radius 3 is 1.19 bits per heavy atom. The van der Waals surface area contributed by atoms with Gasteiger partial charge in [0, 0.05) is 78.5 Å². The highest BCUT2D eigenvalue weighted by Gasteiger charge is 1.94. The number of hydrogen-bond donors (Lipinski definition) is 7. The Balaban J connectivity index is 3.07. The molecule has 0 unspecified atom stereocenters. The lowest BCUT2D eigenvalue weighted by Crippen LogP contribution is -2.37. The highest BCUT2D eigenvalue weighted by Crippen LogP contribution is 2.13. The Kier molecular flexibility index (Phi) is 34.6. The zero-order valence-corrected chi connectivity index (χ0v) is 24.8. The molecule has 0 heterocycles. The van der Waals surface area contributed by atoms with Crippen LogP contribution in [0.25, 0.3) is 0 Å². The van der Waals surface area contributed by atoms with E-state index < -0.39 is 0 Å². The number of hydrogen-bond acceptors (Lipinski definition) is 7. The lowest BCUT2D eigenvalue weighted by Gasteiger charge is -2.09. The Labute approximate surface area is 231 Å². The van der Waals surface area contributed by atoms with Crippen LogP contribution in [0.15, 0.2) is 12.3 Å². The van der Waals surface area contributed by atoms with Crippen molar-refractivity contribution in [3.63, 3.8) is 0 Å². The van der Waals surface area contributed by atoms with Gasteiger partial charge in [-0.25, -0.2) is 0 Å². The molecule has 0 aliphatic rings. The highest BCUT2D eigenvalue weighted by molar-refractivity contribution is 4.79.